The lowest BCUT2D eigenvalue weighted by atomic mass is 10.0. The molecule has 35 heavy (non-hydrogen) atoms. The number of carbonyl (C=O) groups is 1. The molecule has 3 aromatic rings. The molecule has 1 aliphatic carbocycles. The molecule has 0 saturated heterocycles. The van der Waals surface area contributed by atoms with Gasteiger partial charge in [-0.3, -0.25) is 0 Å². The van der Waals surface area contributed by atoms with E-state index in [-0.39, 0.29) is 6.03 Å². The number of hydrogen-bond acceptors (Lipinski definition) is 6. The Hall–Kier alpha value is -4.19. The third-order valence-electron chi connectivity index (χ3n) is 6.17. The normalized spacial score (nSPS) is 13.0. The second kappa shape index (κ2) is 9.97. The Morgan fingerprint density at radius 3 is 2.69 bits per heavy atom. The van der Waals surface area contributed by atoms with Gasteiger partial charge in [0.15, 0.2) is 0 Å². The Morgan fingerprint density at radius 1 is 1.29 bits per heavy atom. The van der Waals surface area contributed by atoms with E-state index in [1.807, 2.05) is 51.1 Å². The third-order valence-corrected chi connectivity index (χ3v) is 6.17. The number of hydrogen-bond donors (Lipinski definition) is 1. The minimum Gasteiger partial charge on any atom is -0.489 e. The highest BCUT2D eigenvalue weighted by molar-refractivity contribution is 5.90. The number of urea groups is 1. The fourth-order valence-electron chi connectivity index (χ4n) is 4.16. The van der Waals surface area contributed by atoms with E-state index in [4.69, 9.17) is 4.74 Å². The summed E-state index contributed by atoms with van der Waals surface area (Å²) in [4.78, 5) is 12.5. The Balaban J connectivity index is 1.58. The number of amides is 2. The van der Waals surface area contributed by atoms with E-state index in [0.29, 0.717) is 29.5 Å². The standard InChI is InChI=1S/C26H29N7O2/c1-16-13-20(33-18(3)22(14-27)17(2)30-33)11-12-25(16)35-15-23-21(19-9-10-19)7-6-8-24(23)29-26(34)32(5)31-28-4/h6-8,11-13,19H,9-10,15H2,1-5H3,(H,29,34). The highest BCUT2D eigenvalue weighted by Gasteiger charge is 2.28. The first-order chi connectivity index (χ1) is 16.8. The van der Waals surface area contributed by atoms with E-state index in [9.17, 15) is 10.1 Å². The molecule has 1 aromatic heterocycles. The van der Waals surface area contributed by atoms with Gasteiger partial charge in [-0.2, -0.15) is 20.5 Å². The lowest BCUT2D eigenvalue weighted by molar-refractivity contribution is 0.221. The molecule has 9 heteroatoms. The summed E-state index contributed by atoms with van der Waals surface area (Å²) in [6.07, 6.45) is 2.27. The smallest absolute Gasteiger partial charge is 0.343 e. The summed E-state index contributed by atoms with van der Waals surface area (Å²) in [5, 5.41) is 25.4. The summed E-state index contributed by atoms with van der Waals surface area (Å²) in [7, 11) is 3.07. The van der Waals surface area contributed by atoms with Crippen molar-refractivity contribution in [2.75, 3.05) is 19.4 Å². The maximum Gasteiger partial charge on any atom is 0.343 e. The molecule has 2 amide bonds. The quantitative estimate of drug-likeness (QED) is 0.358. The van der Waals surface area contributed by atoms with Crippen LogP contribution in [-0.2, 0) is 6.61 Å². The van der Waals surface area contributed by atoms with Gasteiger partial charge in [-0.25, -0.2) is 9.48 Å². The molecule has 180 valence electrons. The molecule has 2 aromatic carbocycles. The van der Waals surface area contributed by atoms with Crippen molar-refractivity contribution in [1.82, 2.24) is 14.8 Å². The van der Waals surface area contributed by atoms with Crippen LogP contribution in [0.15, 0.2) is 46.7 Å². The van der Waals surface area contributed by atoms with Gasteiger partial charge < -0.3 is 10.1 Å². The first-order valence-electron chi connectivity index (χ1n) is 11.5. The van der Waals surface area contributed by atoms with Crippen molar-refractivity contribution >= 4 is 11.7 Å². The van der Waals surface area contributed by atoms with E-state index in [0.717, 1.165) is 46.1 Å². The first-order valence-corrected chi connectivity index (χ1v) is 11.5. The van der Waals surface area contributed by atoms with Gasteiger partial charge in [0.05, 0.1) is 29.7 Å². The maximum absolute atomic E-state index is 12.5. The van der Waals surface area contributed by atoms with E-state index >= 15 is 0 Å². The Bertz CT molecular complexity index is 1330. The molecule has 0 atom stereocenters. The maximum atomic E-state index is 12.5. The van der Waals surface area contributed by atoms with Gasteiger partial charge in [0.25, 0.3) is 0 Å². The van der Waals surface area contributed by atoms with Crippen molar-refractivity contribution in [3.05, 3.63) is 70.0 Å². The number of rotatable bonds is 7. The van der Waals surface area contributed by atoms with Crippen LogP contribution >= 0.6 is 0 Å². The van der Waals surface area contributed by atoms with Crippen LogP contribution in [0.3, 0.4) is 0 Å². The fourth-order valence-corrected chi connectivity index (χ4v) is 4.16. The highest BCUT2D eigenvalue weighted by atomic mass is 16.5. The summed E-state index contributed by atoms with van der Waals surface area (Å²) in [6, 6.07) is 13.6. The van der Waals surface area contributed by atoms with Crippen LogP contribution in [0.2, 0.25) is 0 Å². The molecule has 1 heterocycles. The van der Waals surface area contributed by atoms with E-state index in [1.165, 1.54) is 12.6 Å². The Morgan fingerprint density at radius 2 is 2.06 bits per heavy atom. The summed E-state index contributed by atoms with van der Waals surface area (Å²) >= 11 is 0. The zero-order chi connectivity index (χ0) is 25.1. The Kier molecular flexibility index (Phi) is 6.82. The SMILES string of the molecule is CN=NN(C)C(=O)Nc1cccc(C2CC2)c1COc1ccc(-n2nc(C)c(C#N)c2C)cc1C. The van der Waals surface area contributed by atoms with Crippen molar-refractivity contribution in [2.24, 2.45) is 10.3 Å². The molecule has 0 aliphatic heterocycles. The molecule has 1 fully saturated rings. The van der Waals surface area contributed by atoms with Crippen LogP contribution in [0.5, 0.6) is 5.75 Å². The molecule has 4 rings (SSSR count). The van der Waals surface area contributed by atoms with Crippen molar-refractivity contribution in [1.29, 1.82) is 5.26 Å². The highest BCUT2D eigenvalue weighted by Crippen LogP contribution is 2.43. The molecule has 9 nitrogen and oxygen atoms in total. The monoisotopic (exact) mass is 471 g/mol. The number of nitrogens with zero attached hydrogens (tertiary/aromatic N) is 6. The lowest BCUT2D eigenvalue weighted by Gasteiger charge is -2.19. The molecule has 0 spiro atoms. The Labute approximate surface area is 205 Å². The number of benzene rings is 2. The minimum atomic E-state index is -0.369. The van der Waals surface area contributed by atoms with Gasteiger partial charge in [-0.05, 0) is 74.9 Å². The lowest BCUT2D eigenvalue weighted by Crippen LogP contribution is -2.27. The van der Waals surface area contributed by atoms with Crippen LogP contribution in [0.25, 0.3) is 5.69 Å². The molecule has 0 bridgehead atoms. The number of nitrogens with one attached hydrogen (secondary N) is 1. The minimum absolute atomic E-state index is 0.319. The number of aromatic nitrogens is 2. The van der Waals surface area contributed by atoms with Crippen LogP contribution in [0.4, 0.5) is 10.5 Å². The van der Waals surface area contributed by atoms with Gasteiger partial charge in [0.2, 0.25) is 0 Å². The average molecular weight is 472 g/mol. The van der Waals surface area contributed by atoms with E-state index in [2.05, 4.69) is 32.9 Å². The first kappa shape index (κ1) is 24.0. The molecule has 0 radical (unpaired) electrons. The molecular weight excluding hydrogens is 442 g/mol. The van der Waals surface area contributed by atoms with Gasteiger partial charge in [0, 0.05) is 18.3 Å². The second-order valence-electron chi connectivity index (χ2n) is 8.70. The molecule has 1 N–H and O–H groups in total. The van der Waals surface area contributed by atoms with Gasteiger partial charge in [-0.1, -0.05) is 17.4 Å². The molecule has 0 unspecified atom stereocenters. The van der Waals surface area contributed by atoms with Crippen LogP contribution in [0, 0.1) is 32.1 Å². The van der Waals surface area contributed by atoms with Crippen molar-refractivity contribution < 1.29 is 9.53 Å². The topological polar surface area (TPSA) is 108 Å². The predicted molar refractivity (Wildman–Crippen MR) is 133 cm³/mol. The number of ether oxygens (including phenoxy) is 1. The predicted octanol–water partition coefficient (Wildman–Crippen LogP) is 5.59. The summed E-state index contributed by atoms with van der Waals surface area (Å²) in [6.45, 7) is 6.03. The van der Waals surface area contributed by atoms with Crippen LogP contribution in [-0.4, -0.2) is 34.9 Å². The van der Waals surface area contributed by atoms with Crippen molar-refractivity contribution in [2.45, 2.75) is 46.1 Å². The van der Waals surface area contributed by atoms with Gasteiger partial charge in [0.1, 0.15) is 18.4 Å². The summed E-state index contributed by atoms with van der Waals surface area (Å²) in [5.41, 5.74) is 6.81. The number of anilines is 1. The number of aryl methyl sites for hydroxylation is 2. The fraction of sp³-hybridized carbons (Fsp3) is 0.346. The number of nitriles is 1. The summed E-state index contributed by atoms with van der Waals surface area (Å²) in [5.74, 6) is 1.23. The summed E-state index contributed by atoms with van der Waals surface area (Å²) < 4.78 is 8.04. The van der Waals surface area contributed by atoms with Crippen LogP contribution in [0.1, 0.15) is 52.4 Å². The molecular formula is C26H29N7O2. The molecule has 1 aliphatic rings. The zero-order valence-electron chi connectivity index (χ0n) is 20.7. The van der Waals surface area contributed by atoms with E-state index < -0.39 is 0 Å². The van der Waals surface area contributed by atoms with Gasteiger partial charge >= 0.3 is 6.03 Å². The number of carbonyl (C=O) groups excluding carboxylic acids is 1. The largest absolute Gasteiger partial charge is 0.489 e. The van der Waals surface area contributed by atoms with Crippen LogP contribution < -0.4 is 10.1 Å². The third kappa shape index (κ3) is 5.01. The molecule has 1 saturated carbocycles. The van der Waals surface area contributed by atoms with E-state index in [1.54, 1.807) is 11.7 Å². The van der Waals surface area contributed by atoms with Crippen molar-refractivity contribution in [3.63, 3.8) is 0 Å². The second-order valence-corrected chi connectivity index (χ2v) is 8.70. The van der Waals surface area contributed by atoms with Gasteiger partial charge in [-0.15, -0.1) is 0 Å². The zero-order valence-corrected chi connectivity index (χ0v) is 20.7. The van der Waals surface area contributed by atoms with Crippen molar-refractivity contribution in [3.8, 4) is 17.5 Å². The average Bonchev–Trinajstić information content (AvgIpc) is 3.63.